The first-order valence-corrected chi connectivity index (χ1v) is 5.50. The molecule has 13 heavy (non-hydrogen) atoms. The molecule has 0 unspecified atom stereocenters. The van der Waals surface area contributed by atoms with Crippen molar-refractivity contribution in [2.75, 3.05) is 0 Å². The molecule has 1 heteroatoms. The molecule has 5 fully saturated rings. The largest absolute Gasteiger partial charge is 0.299 e. The number of Topliss-reactive ketones (excluding diaryl/α,β-unsaturated/α-hetero) is 1. The van der Waals surface area contributed by atoms with Crippen molar-refractivity contribution in [2.24, 2.45) is 29.1 Å². The van der Waals surface area contributed by atoms with Gasteiger partial charge in [0.2, 0.25) is 0 Å². The summed E-state index contributed by atoms with van der Waals surface area (Å²) in [6.07, 6.45) is 5.22. The average molecular weight is 174 g/mol. The van der Waals surface area contributed by atoms with Crippen LogP contribution in [-0.2, 0) is 4.79 Å². The van der Waals surface area contributed by atoms with E-state index in [0.29, 0.717) is 23.0 Å². The zero-order valence-electron chi connectivity index (χ0n) is 7.75. The summed E-state index contributed by atoms with van der Waals surface area (Å²) < 4.78 is 0. The average Bonchev–Trinajstić information content (AvgIpc) is 2.74. The molecule has 5 aliphatic rings. The summed E-state index contributed by atoms with van der Waals surface area (Å²) in [7, 11) is 0. The van der Waals surface area contributed by atoms with Crippen LogP contribution in [0.5, 0.6) is 0 Å². The Morgan fingerprint density at radius 1 is 1.46 bits per heavy atom. The molecule has 5 aliphatic carbocycles. The Morgan fingerprint density at radius 3 is 3.08 bits per heavy atom. The number of carbonyl (C=O) groups is 1. The van der Waals surface area contributed by atoms with Crippen molar-refractivity contribution >= 4 is 5.78 Å². The van der Waals surface area contributed by atoms with E-state index in [1.54, 1.807) is 0 Å². The SMILES string of the molecule is C=C1[C@H]2C(=O)[C@@H]3C[C@H]2[C@H]2CCC[C@@]123. The quantitative estimate of drug-likeness (QED) is 0.514. The van der Waals surface area contributed by atoms with Crippen LogP contribution in [0.4, 0.5) is 0 Å². The fourth-order valence-corrected chi connectivity index (χ4v) is 5.24. The summed E-state index contributed by atoms with van der Waals surface area (Å²) in [5.74, 6) is 2.89. The molecule has 0 saturated heterocycles. The third-order valence-electron chi connectivity index (χ3n) is 5.47. The van der Waals surface area contributed by atoms with Crippen molar-refractivity contribution in [3.8, 4) is 0 Å². The molecule has 4 bridgehead atoms. The molecule has 0 aliphatic heterocycles. The number of ketones is 1. The van der Waals surface area contributed by atoms with E-state index in [1.807, 2.05) is 0 Å². The van der Waals surface area contributed by atoms with Crippen LogP contribution in [0.15, 0.2) is 12.2 Å². The Labute approximate surface area is 78.2 Å². The molecule has 5 rings (SSSR count). The molecule has 0 radical (unpaired) electrons. The molecule has 0 aromatic rings. The van der Waals surface area contributed by atoms with Crippen LogP contribution in [0.3, 0.4) is 0 Å². The van der Waals surface area contributed by atoms with E-state index in [4.69, 9.17) is 0 Å². The van der Waals surface area contributed by atoms with Gasteiger partial charge in [0.15, 0.2) is 0 Å². The Kier molecular flexibility index (Phi) is 0.861. The van der Waals surface area contributed by atoms with E-state index in [9.17, 15) is 4.79 Å². The lowest BCUT2D eigenvalue weighted by molar-refractivity contribution is -0.124. The lowest BCUT2D eigenvalue weighted by Gasteiger charge is -2.28. The predicted molar refractivity (Wildman–Crippen MR) is 49.0 cm³/mol. The maximum atomic E-state index is 11.9. The Hall–Kier alpha value is -0.590. The number of allylic oxidation sites excluding steroid dienone is 1. The summed E-state index contributed by atoms with van der Waals surface area (Å²) in [5.41, 5.74) is 1.69. The lowest BCUT2D eigenvalue weighted by atomic mass is 9.74. The number of hydrogen-bond donors (Lipinski definition) is 0. The summed E-state index contributed by atoms with van der Waals surface area (Å²) in [4.78, 5) is 11.9. The molecule has 0 N–H and O–H groups in total. The van der Waals surface area contributed by atoms with E-state index in [-0.39, 0.29) is 0 Å². The summed E-state index contributed by atoms with van der Waals surface area (Å²) >= 11 is 0. The van der Waals surface area contributed by atoms with Crippen LogP contribution in [0, 0.1) is 29.1 Å². The molecule has 5 saturated carbocycles. The zero-order valence-corrected chi connectivity index (χ0v) is 7.75. The van der Waals surface area contributed by atoms with Crippen LogP contribution in [0.2, 0.25) is 0 Å². The molecular formula is C12H14O. The van der Waals surface area contributed by atoms with Gasteiger partial charge in [0, 0.05) is 17.3 Å². The van der Waals surface area contributed by atoms with Gasteiger partial charge in [0.05, 0.1) is 0 Å². The van der Waals surface area contributed by atoms with E-state index >= 15 is 0 Å². The van der Waals surface area contributed by atoms with Crippen LogP contribution >= 0.6 is 0 Å². The van der Waals surface area contributed by atoms with Crippen molar-refractivity contribution < 1.29 is 4.79 Å². The number of hydrogen-bond acceptors (Lipinski definition) is 1. The van der Waals surface area contributed by atoms with E-state index in [2.05, 4.69) is 6.58 Å². The highest BCUT2D eigenvalue weighted by atomic mass is 16.1. The number of rotatable bonds is 0. The van der Waals surface area contributed by atoms with Gasteiger partial charge in [-0.05, 0) is 31.1 Å². The van der Waals surface area contributed by atoms with Crippen molar-refractivity contribution in [1.82, 2.24) is 0 Å². The van der Waals surface area contributed by atoms with Crippen LogP contribution in [-0.4, -0.2) is 5.78 Å². The summed E-state index contributed by atoms with van der Waals surface area (Å²) in [6.45, 7) is 4.22. The molecule has 0 heterocycles. The first kappa shape index (κ1) is 6.80. The molecule has 0 amide bonds. The van der Waals surface area contributed by atoms with Crippen LogP contribution < -0.4 is 0 Å². The highest BCUT2D eigenvalue weighted by molar-refractivity contribution is 5.95. The van der Waals surface area contributed by atoms with Gasteiger partial charge in [0.1, 0.15) is 5.78 Å². The lowest BCUT2D eigenvalue weighted by Crippen LogP contribution is -2.27. The van der Waals surface area contributed by atoms with Crippen LogP contribution in [0.25, 0.3) is 0 Å². The first-order valence-electron chi connectivity index (χ1n) is 5.50. The second-order valence-electron chi connectivity index (χ2n) is 5.40. The Balaban J connectivity index is 2.02. The molecule has 0 aromatic carbocycles. The second-order valence-corrected chi connectivity index (χ2v) is 5.40. The van der Waals surface area contributed by atoms with Gasteiger partial charge < -0.3 is 0 Å². The van der Waals surface area contributed by atoms with Crippen molar-refractivity contribution in [2.45, 2.75) is 25.7 Å². The minimum Gasteiger partial charge on any atom is -0.299 e. The number of carbonyl (C=O) groups excluding carboxylic acids is 1. The Morgan fingerprint density at radius 2 is 2.31 bits per heavy atom. The van der Waals surface area contributed by atoms with E-state index in [0.717, 1.165) is 11.8 Å². The van der Waals surface area contributed by atoms with Gasteiger partial charge in [-0.1, -0.05) is 18.6 Å². The molecule has 68 valence electrons. The van der Waals surface area contributed by atoms with Gasteiger partial charge in [0.25, 0.3) is 0 Å². The monoisotopic (exact) mass is 174 g/mol. The molecule has 5 atom stereocenters. The second kappa shape index (κ2) is 1.65. The first-order chi connectivity index (χ1) is 6.27. The molecular weight excluding hydrogens is 160 g/mol. The van der Waals surface area contributed by atoms with Gasteiger partial charge in [-0.2, -0.15) is 0 Å². The standard InChI is InChI=1S/C12H14O/c1-6-10-7-5-9(11(10)13)12(6)4-2-3-8(7)12/h7-10H,1-5H2/t7-,8+,9-,10+,12+/m0/s1. The summed E-state index contributed by atoms with van der Waals surface area (Å²) in [5, 5.41) is 0. The van der Waals surface area contributed by atoms with E-state index < -0.39 is 0 Å². The highest BCUT2D eigenvalue weighted by Crippen LogP contribution is 2.78. The molecule has 0 aromatic heterocycles. The summed E-state index contributed by atoms with van der Waals surface area (Å²) in [6, 6.07) is 0. The third kappa shape index (κ3) is 0.431. The smallest absolute Gasteiger partial charge is 0.144 e. The molecule has 1 nitrogen and oxygen atoms in total. The maximum Gasteiger partial charge on any atom is 0.144 e. The van der Waals surface area contributed by atoms with Gasteiger partial charge in [-0.25, -0.2) is 0 Å². The fourth-order valence-electron chi connectivity index (χ4n) is 5.24. The van der Waals surface area contributed by atoms with Gasteiger partial charge in [-0.15, -0.1) is 0 Å². The van der Waals surface area contributed by atoms with Gasteiger partial charge in [-0.3, -0.25) is 4.79 Å². The predicted octanol–water partition coefficient (Wildman–Crippen LogP) is 2.18. The molecule has 1 spiro atoms. The fraction of sp³-hybridized carbons (Fsp3) is 0.750. The van der Waals surface area contributed by atoms with Crippen molar-refractivity contribution in [3.63, 3.8) is 0 Å². The normalized spacial score (nSPS) is 61.2. The topological polar surface area (TPSA) is 17.1 Å². The minimum atomic E-state index is 0.315. The Bertz CT molecular complexity index is 343. The highest BCUT2D eigenvalue weighted by Gasteiger charge is 2.75. The minimum absolute atomic E-state index is 0.315. The van der Waals surface area contributed by atoms with Gasteiger partial charge >= 0.3 is 0 Å². The maximum absolute atomic E-state index is 11.9. The van der Waals surface area contributed by atoms with Crippen LogP contribution in [0.1, 0.15) is 25.7 Å². The third-order valence-corrected chi connectivity index (χ3v) is 5.47. The van der Waals surface area contributed by atoms with Crippen molar-refractivity contribution in [1.29, 1.82) is 0 Å². The zero-order chi connectivity index (χ0) is 8.79. The van der Waals surface area contributed by atoms with E-state index in [1.165, 1.54) is 31.3 Å². The van der Waals surface area contributed by atoms with Crippen molar-refractivity contribution in [3.05, 3.63) is 12.2 Å².